The van der Waals surface area contributed by atoms with Gasteiger partial charge in [-0.05, 0) is 87.1 Å². The standard InChI is InChI=1S/C27H28FNO4.C27H26FNO4.B.Na.H/c2*1-2-33-25(32)16-21(31)15-20(30)13-14-23-26(17-9-11-19(28)12-10-17)22-5-3-4-6-24(22)29-27(23)18-7-8-18;;;/h3-6,9-14,18,20-21,30-31H,2,7-8,15-16H2,1H3;3-6,9-14,18,20,30H,2,7-8,15-16H2,1H3;;;/q;;;+1;-1/b2*14-13+;;;/t20-,21-;;;;/m1..../s1. The molecule has 3 N–H and O–H groups in total. The summed E-state index contributed by atoms with van der Waals surface area (Å²) in [7, 11) is 0. The zero-order valence-corrected chi connectivity index (χ0v) is 40.6. The Morgan fingerprint density at radius 3 is 1.51 bits per heavy atom. The number of pyridine rings is 2. The number of rotatable bonds is 18. The Kier molecular flexibility index (Phi) is 19.9. The van der Waals surface area contributed by atoms with E-state index in [4.69, 9.17) is 19.4 Å². The van der Waals surface area contributed by atoms with Crippen LogP contribution >= 0.6 is 0 Å². The molecule has 1 unspecified atom stereocenters. The van der Waals surface area contributed by atoms with Gasteiger partial charge in [-0.25, -0.2) is 8.78 Å². The van der Waals surface area contributed by atoms with Crippen molar-refractivity contribution in [1.29, 1.82) is 0 Å². The van der Waals surface area contributed by atoms with Gasteiger partial charge in [-0.15, -0.1) is 0 Å². The zero-order chi connectivity index (χ0) is 46.7. The van der Waals surface area contributed by atoms with Crippen LogP contribution in [0.3, 0.4) is 0 Å². The van der Waals surface area contributed by atoms with Gasteiger partial charge < -0.3 is 26.2 Å². The molecular weight excluding hydrogens is 876 g/mol. The van der Waals surface area contributed by atoms with Crippen molar-refractivity contribution in [1.82, 2.24) is 9.97 Å². The SMILES string of the molecule is CCOC(=O)CC(=O)CC(O)/C=C/c1c(C2CC2)nc2ccccc2c1-c1ccc(F)cc1.CCOC(=O)C[C@H](O)C[C@H](O)/C=C/c1c(C2CC2)nc2ccccc2c1-c1ccc(F)cc1.[B].[H-].[Na+]. The maximum absolute atomic E-state index is 13.6. The number of benzene rings is 4. The Balaban J connectivity index is 0.000000288. The van der Waals surface area contributed by atoms with Crippen LogP contribution in [-0.2, 0) is 23.9 Å². The van der Waals surface area contributed by atoms with E-state index < -0.39 is 30.3 Å². The van der Waals surface area contributed by atoms with E-state index in [9.17, 15) is 38.5 Å². The summed E-state index contributed by atoms with van der Waals surface area (Å²) in [5.41, 5.74) is 8.97. The van der Waals surface area contributed by atoms with Gasteiger partial charge in [-0.1, -0.05) is 85.0 Å². The molecule has 0 saturated heterocycles. The number of ether oxygens (including phenoxy) is 2. The summed E-state index contributed by atoms with van der Waals surface area (Å²) in [4.78, 5) is 45.0. The van der Waals surface area contributed by atoms with Crippen LogP contribution in [0.1, 0.15) is 101 Å². The van der Waals surface area contributed by atoms with Crippen molar-refractivity contribution in [3.05, 3.63) is 143 Å². The molecule has 0 bridgehead atoms. The average Bonchev–Trinajstić information content (AvgIpc) is 4.23. The average molecular weight is 932 g/mol. The van der Waals surface area contributed by atoms with E-state index in [0.29, 0.717) is 11.8 Å². The first-order chi connectivity index (χ1) is 31.9. The van der Waals surface area contributed by atoms with Crippen LogP contribution in [0.15, 0.2) is 109 Å². The third-order valence-corrected chi connectivity index (χ3v) is 11.4. The molecule has 14 heteroatoms. The fraction of sp³-hybridized carbons (Fsp3) is 0.315. The van der Waals surface area contributed by atoms with Crippen molar-refractivity contribution in [2.45, 2.75) is 95.4 Å². The van der Waals surface area contributed by atoms with Crippen LogP contribution in [0.2, 0.25) is 0 Å². The molecule has 2 aromatic heterocycles. The first-order valence-corrected chi connectivity index (χ1v) is 22.5. The molecule has 347 valence electrons. The van der Waals surface area contributed by atoms with E-state index in [-0.39, 0.29) is 95.7 Å². The number of hydrogen-bond acceptors (Lipinski definition) is 10. The van der Waals surface area contributed by atoms with Gasteiger partial charge in [-0.3, -0.25) is 24.4 Å². The van der Waals surface area contributed by atoms with Gasteiger partial charge >= 0.3 is 41.5 Å². The summed E-state index contributed by atoms with van der Waals surface area (Å²) in [6.45, 7) is 3.84. The molecule has 2 fully saturated rings. The number of para-hydroxylation sites is 2. The number of aliphatic hydroxyl groups excluding tert-OH is 3. The molecule has 2 aliphatic rings. The summed E-state index contributed by atoms with van der Waals surface area (Å²) in [6.07, 6.45) is 7.32. The number of Topliss-reactive ketones (excluding diaryl/α,β-unsaturated/α-hetero) is 1. The number of esters is 2. The summed E-state index contributed by atoms with van der Waals surface area (Å²) in [6, 6.07) is 28.4. The van der Waals surface area contributed by atoms with Gasteiger partial charge in [0.05, 0.1) is 60.4 Å². The normalized spacial score (nSPS) is 14.6. The molecule has 6 aromatic rings. The Bertz CT molecular complexity index is 2750. The predicted octanol–water partition coefficient (Wildman–Crippen LogP) is 6.94. The van der Waals surface area contributed by atoms with Gasteiger partial charge in [-0.2, -0.15) is 0 Å². The summed E-state index contributed by atoms with van der Waals surface area (Å²) in [5.74, 6) is -1.41. The number of ketones is 1. The van der Waals surface area contributed by atoms with E-state index in [2.05, 4.69) is 0 Å². The van der Waals surface area contributed by atoms with Crippen LogP contribution in [0.4, 0.5) is 8.78 Å². The zero-order valence-electron chi connectivity index (χ0n) is 39.6. The van der Waals surface area contributed by atoms with Crippen molar-refractivity contribution < 1.29 is 78.9 Å². The number of fused-ring (bicyclic) bond motifs is 2. The number of aliphatic hydroxyl groups is 3. The van der Waals surface area contributed by atoms with Gasteiger partial charge in [0.15, 0.2) is 0 Å². The molecule has 0 aliphatic heterocycles. The molecule has 8 rings (SSSR count). The largest absolute Gasteiger partial charge is 1.00 e. The molecule has 0 amide bonds. The molecule has 0 spiro atoms. The van der Waals surface area contributed by atoms with Crippen LogP contribution in [-0.4, -0.2) is 82.9 Å². The number of hydrogen-bond donors (Lipinski definition) is 3. The third kappa shape index (κ3) is 14.3. The number of halogens is 2. The minimum absolute atomic E-state index is 0. The van der Waals surface area contributed by atoms with Crippen LogP contribution in [0.5, 0.6) is 0 Å². The monoisotopic (exact) mass is 931 g/mol. The van der Waals surface area contributed by atoms with Crippen LogP contribution in [0, 0.1) is 11.6 Å². The first kappa shape index (κ1) is 53.5. The molecule has 3 atom stereocenters. The molecule has 3 radical (unpaired) electrons. The molecule has 2 heterocycles. The van der Waals surface area contributed by atoms with E-state index in [0.717, 1.165) is 92.3 Å². The Morgan fingerprint density at radius 1 is 0.647 bits per heavy atom. The third-order valence-electron chi connectivity index (χ3n) is 11.4. The molecular formula is C54H55BF2N2NaO8. The Labute approximate surface area is 420 Å². The quantitative estimate of drug-likeness (QED) is 0.0469. The second kappa shape index (κ2) is 25.3. The second-order valence-corrected chi connectivity index (χ2v) is 16.6. The molecule has 10 nitrogen and oxygen atoms in total. The first-order valence-electron chi connectivity index (χ1n) is 22.5. The summed E-state index contributed by atoms with van der Waals surface area (Å²) in [5, 5.41) is 33.0. The van der Waals surface area contributed by atoms with Crippen molar-refractivity contribution in [2.75, 3.05) is 13.2 Å². The maximum atomic E-state index is 13.6. The Morgan fingerprint density at radius 2 is 1.07 bits per heavy atom. The molecule has 68 heavy (non-hydrogen) atoms. The minimum atomic E-state index is -1.05. The second-order valence-electron chi connectivity index (χ2n) is 16.6. The maximum Gasteiger partial charge on any atom is 1.00 e. The van der Waals surface area contributed by atoms with Gasteiger partial charge in [0.25, 0.3) is 0 Å². The fourth-order valence-corrected chi connectivity index (χ4v) is 8.03. The summed E-state index contributed by atoms with van der Waals surface area (Å²) < 4.78 is 36.9. The van der Waals surface area contributed by atoms with Crippen molar-refractivity contribution in [3.63, 3.8) is 0 Å². The number of nitrogens with zero attached hydrogens (tertiary/aromatic N) is 2. The van der Waals surface area contributed by atoms with Crippen molar-refractivity contribution in [3.8, 4) is 22.3 Å². The van der Waals surface area contributed by atoms with E-state index >= 15 is 0 Å². The fourth-order valence-electron chi connectivity index (χ4n) is 8.03. The minimum Gasteiger partial charge on any atom is -1.00 e. The molecule has 4 aromatic carbocycles. The molecule has 2 aliphatic carbocycles. The predicted molar refractivity (Wildman–Crippen MR) is 258 cm³/mol. The smallest absolute Gasteiger partial charge is 1.00 e. The number of carbonyl (C=O) groups excluding carboxylic acids is 3. The van der Waals surface area contributed by atoms with E-state index in [1.54, 1.807) is 56.3 Å². The van der Waals surface area contributed by atoms with Crippen molar-refractivity contribution in [2.24, 2.45) is 0 Å². The van der Waals surface area contributed by atoms with Gasteiger partial charge in [0.1, 0.15) is 23.8 Å². The summed E-state index contributed by atoms with van der Waals surface area (Å²) >= 11 is 0. The van der Waals surface area contributed by atoms with Gasteiger partial charge in [0, 0.05) is 66.1 Å². The van der Waals surface area contributed by atoms with E-state index in [1.165, 1.54) is 24.3 Å². The number of aromatic nitrogens is 2. The van der Waals surface area contributed by atoms with Crippen LogP contribution < -0.4 is 29.6 Å². The topological polar surface area (TPSA) is 156 Å². The van der Waals surface area contributed by atoms with Gasteiger partial charge in [0.2, 0.25) is 0 Å². The van der Waals surface area contributed by atoms with E-state index in [1.807, 2.05) is 54.6 Å². The van der Waals surface area contributed by atoms with Crippen LogP contribution in [0.25, 0.3) is 56.2 Å². The van der Waals surface area contributed by atoms with Crippen molar-refractivity contribution >= 4 is 60.1 Å². The number of carbonyl (C=O) groups is 3. The molecule has 2 saturated carbocycles. The Hall–Kier alpha value is -5.41.